The molecular weight excluding hydrogens is 452 g/mol. The monoisotopic (exact) mass is 470 g/mol. The maximum absolute atomic E-state index is 12.6. The summed E-state index contributed by atoms with van der Waals surface area (Å²) in [7, 11) is -6.02. The van der Waals surface area contributed by atoms with Crippen molar-refractivity contribution in [1.29, 1.82) is 0 Å². The van der Waals surface area contributed by atoms with Crippen LogP contribution < -0.4 is 9.46 Å². The van der Waals surface area contributed by atoms with Crippen LogP contribution in [0.25, 0.3) is 11.5 Å². The molecule has 0 spiro atoms. The highest BCUT2D eigenvalue weighted by atomic mass is 35.5. The number of nitrogens with zero attached hydrogens (tertiary/aromatic N) is 1. The van der Waals surface area contributed by atoms with Crippen LogP contribution >= 0.6 is 11.6 Å². The topological polar surface area (TPSA) is 116 Å². The molecule has 11 heteroatoms. The first-order chi connectivity index (χ1) is 14.1. The molecule has 0 fully saturated rings. The first-order valence-electron chi connectivity index (χ1n) is 8.68. The molecule has 0 bridgehead atoms. The van der Waals surface area contributed by atoms with E-state index in [2.05, 4.69) is 9.71 Å². The van der Waals surface area contributed by atoms with Crippen LogP contribution in [0.4, 0.5) is 0 Å². The second-order valence-corrected chi connectivity index (χ2v) is 10.5. The largest absolute Gasteiger partial charge is 0.497 e. The van der Waals surface area contributed by atoms with Gasteiger partial charge < -0.3 is 9.15 Å². The molecule has 0 radical (unpaired) electrons. The van der Waals surface area contributed by atoms with E-state index in [1.165, 1.54) is 18.4 Å². The second-order valence-electron chi connectivity index (χ2n) is 6.38. The fraction of sp³-hybridized carbons (Fsp3) is 0.211. The summed E-state index contributed by atoms with van der Waals surface area (Å²) in [5, 5.41) is -0.0712. The van der Waals surface area contributed by atoms with Crippen LogP contribution in [0.3, 0.4) is 0 Å². The summed E-state index contributed by atoms with van der Waals surface area (Å²) in [6.45, 7) is 0.0242. The minimum absolute atomic E-state index is 0.0242. The van der Waals surface area contributed by atoms with E-state index in [1.807, 2.05) is 0 Å². The maximum atomic E-state index is 12.6. The van der Waals surface area contributed by atoms with Gasteiger partial charge in [-0.05, 0) is 42.5 Å². The summed E-state index contributed by atoms with van der Waals surface area (Å²) in [6, 6.07) is 10.7. The molecule has 0 saturated carbocycles. The van der Waals surface area contributed by atoms with Crippen molar-refractivity contribution in [2.45, 2.75) is 16.2 Å². The first-order valence-corrected chi connectivity index (χ1v) is 12.4. The van der Waals surface area contributed by atoms with Crippen LogP contribution in [0, 0.1) is 0 Å². The molecular formula is C19H19ClN2O6S2. The Balaban J connectivity index is 1.68. The third kappa shape index (κ3) is 5.20. The van der Waals surface area contributed by atoms with Crippen molar-refractivity contribution in [1.82, 2.24) is 9.71 Å². The predicted octanol–water partition coefficient (Wildman–Crippen LogP) is 2.93. The summed E-state index contributed by atoms with van der Waals surface area (Å²) in [4.78, 5) is 3.91. The number of benzene rings is 2. The Morgan fingerprint density at radius 1 is 1.10 bits per heavy atom. The number of nitrogens with one attached hydrogen (secondary N) is 1. The van der Waals surface area contributed by atoms with E-state index < -0.39 is 19.9 Å². The molecule has 0 atom stereocenters. The predicted molar refractivity (Wildman–Crippen MR) is 112 cm³/mol. The Bertz CT molecular complexity index is 1250. The average molecular weight is 471 g/mol. The third-order valence-corrected chi connectivity index (χ3v) is 7.24. The van der Waals surface area contributed by atoms with Crippen LogP contribution in [0.2, 0.25) is 5.02 Å². The zero-order chi connectivity index (χ0) is 21.9. The van der Waals surface area contributed by atoms with Crippen LogP contribution in [0.15, 0.2) is 62.9 Å². The number of sulfone groups is 1. The van der Waals surface area contributed by atoms with Gasteiger partial charge in [0.2, 0.25) is 15.9 Å². The Morgan fingerprint density at radius 3 is 2.43 bits per heavy atom. The molecule has 1 heterocycles. The molecule has 0 saturated heterocycles. The number of rotatable bonds is 8. The van der Waals surface area contributed by atoms with Gasteiger partial charge in [0.25, 0.3) is 0 Å². The van der Waals surface area contributed by atoms with Crippen LogP contribution in [0.5, 0.6) is 5.75 Å². The molecule has 3 rings (SSSR count). The van der Waals surface area contributed by atoms with Crippen molar-refractivity contribution in [3.63, 3.8) is 0 Å². The molecule has 3 aromatic rings. The Hall–Kier alpha value is -2.40. The van der Waals surface area contributed by atoms with Crippen LogP contribution in [0.1, 0.15) is 5.69 Å². The normalized spacial score (nSPS) is 12.1. The standard InChI is InChI=1S/C19H19ClN2O6S2/c1-27-15-5-3-13(4-6-15)19-22-14(12-28-19)9-10-21-30(25,26)18-11-16(29(2,23)24)7-8-17(18)20/h3-8,11-12,21H,9-10H2,1-2H3. The van der Waals surface area contributed by atoms with Crippen molar-refractivity contribution in [2.24, 2.45) is 0 Å². The number of hydrogen-bond acceptors (Lipinski definition) is 7. The van der Waals surface area contributed by atoms with Gasteiger partial charge in [-0.15, -0.1) is 0 Å². The van der Waals surface area contributed by atoms with E-state index in [-0.39, 0.29) is 27.8 Å². The zero-order valence-electron chi connectivity index (χ0n) is 16.1. The Kier molecular flexibility index (Phi) is 6.51. The molecule has 160 valence electrons. The average Bonchev–Trinajstić information content (AvgIpc) is 3.16. The summed E-state index contributed by atoms with van der Waals surface area (Å²) in [5.74, 6) is 1.11. The fourth-order valence-corrected chi connectivity index (χ4v) is 4.88. The molecule has 2 aromatic carbocycles. The lowest BCUT2D eigenvalue weighted by Crippen LogP contribution is -2.26. The quantitative estimate of drug-likeness (QED) is 0.538. The van der Waals surface area contributed by atoms with Gasteiger partial charge in [-0.1, -0.05) is 11.6 Å². The number of halogens is 1. The highest BCUT2D eigenvalue weighted by Gasteiger charge is 2.21. The van der Waals surface area contributed by atoms with E-state index in [0.717, 1.165) is 17.9 Å². The molecule has 0 amide bonds. The Morgan fingerprint density at radius 2 is 1.80 bits per heavy atom. The molecule has 0 aliphatic carbocycles. The zero-order valence-corrected chi connectivity index (χ0v) is 18.5. The highest BCUT2D eigenvalue weighted by molar-refractivity contribution is 7.91. The molecule has 1 N–H and O–H groups in total. The molecule has 8 nitrogen and oxygen atoms in total. The molecule has 0 aliphatic rings. The molecule has 0 aliphatic heterocycles. The van der Waals surface area contributed by atoms with Gasteiger partial charge in [0, 0.05) is 24.8 Å². The van der Waals surface area contributed by atoms with Crippen molar-refractivity contribution >= 4 is 31.5 Å². The smallest absolute Gasteiger partial charge is 0.242 e. The summed E-state index contributed by atoms with van der Waals surface area (Å²) in [6.07, 6.45) is 2.71. The number of sulfonamides is 1. The minimum Gasteiger partial charge on any atom is -0.497 e. The van der Waals surface area contributed by atoms with Gasteiger partial charge in [0.05, 0.1) is 22.7 Å². The lowest BCUT2D eigenvalue weighted by Gasteiger charge is -2.09. The van der Waals surface area contributed by atoms with E-state index in [0.29, 0.717) is 17.3 Å². The third-order valence-electron chi connectivity index (χ3n) is 4.18. The molecule has 30 heavy (non-hydrogen) atoms. The highest BCUT2D eigenvalue weighted by Crippen LogP contribution is 2.25. The maximum Gasteiger partial charge on any atom is 0.242 e. The van der Waals surface area contributed by atoms with Crippen LogP contribution in [-0.2, 0) is 26.3 Å². The van der Waals surface area contributed by atoms with E-state index >= 15 is 0 Å². The molecule has 1 aromatic heterocycles. The van der Waals surface area contributed by atoms with Gasteiger partial charge in [-0.25, -0.2) is 26.5 Å². The van der Waals surface area contributed by atoms with Crippen molar-refractivity contribution in [3.05, 3.63) is 59.4 Å². The van der Waals surface area contributed by atoms with Gasteiger partial charge in [0.15, 0.2) is 9.84 Å². The van der Waals surface area contributed by atoms with Crippen molar-refractivity contribution in [2.75, 3.05) is 19.9 Å². The number of aromatic nitrogens is 1. The van der Waals surface area contributed by atoms with Crippen molar-refractivity contribution in [3.8, 4) is 17.2 Å². The lowest BCUT2D eigenvalue weighted by atomic mass is 10.2. The van der Waals surface area contributed by atoms with Gasteiger partial charge in [-0.2, -0.15) is 0 Å². The summed E-state index contributed by atoms with van der Waals surface area (Å²) in [5.41, 5.74) is 1.31. The van der Waals surface area contributed by atoms with E-state index in [4.69, 9.17) is 20.8 Å². The van der Waals surface area contributed by atoms with E-state index in [1.54, 1.807) is 31.4 Å². The number of methoxy groups -OCH3 is 1. The second kappa shape index (κ2) is 8.76. The van der Waals surface area contributed by atoms with Gasteiger partial charge >= 0.3 is 0 Å². The minimum atomic E-state index is -4.02. The first kappa shape index (κ1) is 22.3. The van der Waals surface area contributed by atoms with Crippen LogP contribution in [-0.4, -0.2) is 41.7 Å². The van der Waals surface area contributed by atoms with Gasteiger partial charge in [0.1, 0.15) is 16.9 Å². The summed E-state index contributed by atoms with van der Waals surface area (Å²) < 4.78 is 61.5. The Labute approximate surface area is 179 Å². The lowest BCUT2D eigenvalue weighted by molar-refractivity contribution is 0.415. The number of oxazole rings is 1. The van der Waals surface area contributed by atoms with Gasteiger partial charge in [-0.3, -0.25) is 0 Å². The molecule has 0 unspecified atom stereocenters. The number of ether oxygens (including phenoxy) is 1. The van der Waals surface area contributed by atoms with E-state index in [9.17, 15) is 16.8 Å². The number of hydrogen-bond donors (Lipinski definition) is 1. The summed E-state index contributed by atoms with van der Waals surface area (Å²) >= 11 is 5.97. The SMILES string of the molecule is COc1ccc(-c2nc(CCNS(=O)(=O)c3cc(S(C)(=O)=O)ccc3Cl)co2)cc1. The van der Waals surface area contributed by atoms with Crippen molar-refractivity contribution < 1.29 is 26.0 Å². The fourth-order valence-electron chi connectivity index (χ4n) is 2.60.